The normalized spacial score (nSPS) is 16.0. The van der Waals surface area contributed by atoms with Crippen LogP contribution in [-0.4, -0.2) is 17.6 Å². The molecule has 0 radical (unpaired) electrons. The highest BCUT2D eigenvalue weighted by atomic mass is 32.1. The van der Waals surface area contributed by atoms with Crippen molar-refractivity contribution < 1.29 is 9.90 Å². The van der Waals surface area contributed by atoms with Gasteiger partial charge < -0.3 is 5.11 Å². The fourth-order valence-corrected chi connectivity index (χ4v) is 4.97. The molecule has 24 heavy (non-hydrogen) atoms. The first-order chi connectivity index (χ1) is 11.4. The zero-order chi connectivity index (χ0) is 17.3. The molecule has 2 N–H and O–H groups in total. The Morgan fingerprint density at radius 1 is 1.38 bits per heavy atom. The monoisotopic (exact) mass is 361 g/mol. The van der Waals surface area contributed by atoms with Crippen LogP contribution >= 0.6 is 24.2 Å². The van der Waals surface area contributed by atoms with Crippen LogP contribution < -0.4 is 4.72 Å². The standard InChI is InChI=1S/C19H23NO2S2/c1-19(2)9-7-15-14(11-19)16(18(21)22)17(24-15)13-6-4-3-5-12(13)8-10-20-23/h3-6,20,23H,7-11H2,1-2H3,(H,21,22). The van der Waals surface area contributed by atoms with Crippen LogP contribution in [0.25, 0.3) is 10.4 Å². The Hall–Kier alpha value is -1.30. The molecule has 1 aliphatic rings. The molecular formula is C19H23NO2S2. The van der Waals surface area contributed by atoms with Gasteiger partial charge in [-0.25, -0.2) is 4.79 Å². The number of thiophene rings is 1. The molecule has 0 spiro atoms. The average molecular weight is 362 g/mol. The van der Waals surface area contributed by atoms with Gasteiger partial charge in [-0.2, -0.15) is 0 Å². The van der Waals surface area contributed by atoms with Crippen molar-refractivity contribution in [1.29, 1.82) is 0 Å². The second kappa shape index (κ2) is 6.90. The van der Waals surface area contributed by atoms with E-state index in [1.54, 1.807) is 11.3 Å². The summed E-state index contributed by atoms with van der Waals surface area (Å²) in [4.78, 5) is 14.2. The van der Waals surface area contributed by atoms with Gasteiger partial charge in [0, 0.05) is 16.3 Å². The largest absolute Gasteiger partial charge is 0.478 e. The van der Waals surface area contributed by atoms with Crippen molar-refractivity contribution in [3.63, 3.8) is 0 Å². The van der Waals surface area contributed by atoms with Gasteiger partial charge in [0.2, 0.25) is 0 Å². The van der Waals surface area contributed by atoms with Crippen molar-refractivity contribution in [2.75, 3.05) is 6.54 Å². The zero-order valence-corrected chi connectivity index (χ0v) is 15.8. The van der Waals surface area contributed by atoms with E-state index in [1.807, 2.05) is 18.2 Å². The predicted molar refractivity (Wildman–Crippen MR) is 103 cm³/mol. The summed E-state index contributed by atoms with van der Waals surface area (Å²) >= 11 is 5.73. The third kappa shape index (κ3) is 3.39. The van der Waals surface area contributed by atoms with Crippen molar-refractivity contribution in [3.05, 3.63) is 45.8 Å². The first-order valence-corrected chi connectivity index (χ1v) is 9.52. The van der Waals surface area contributed by atoms with Crippen molar-refractivity contribution in [3.8, 4) is 10.4 Å². The quantitative estimate of drug-likeness (QED) is 0.682. The molecule has 0 fully saturated rings. The van der Waals surface area contributed by atoms with Gasteiger partial charge in [0.05, 0.1) is 5.56 Å². The summed E-state index contributed by atoms with van der Waals surface area (Å²) in [6.07, 6.45) is 3.77. The number of nitrogens with one attached hydrogen (secondary N) is 1. The lowest BCUT2D eigenvalue weighted by molar-refractivity contribution is 0.0696. The summed E-state index contributed by atoms with van der Waals surface area (Å²) in [6.45, 7) is 5.21. The number of aromatic carboxylic acids is 1. The highest BCUT2D eigenvalue weighted by molar-refractivity contribution is 7.78. The fraction of sp³-hybridized carbons (Fsp3) is 0.421. The number of fused-ring (bicyclic) bond motifs is 1. The molecule has 1 heterocycles. The molecule has 0 amide bonds. The fourth-order valence-electron chi connectivity index (χ4n) is 3.49. The molecule has 1 aliphatic carbocycles. The summed E-state index contributed by atoms with van der Waals surface area (Å²) in [5, 5.41) is 9.89. The molecule has 0 bridgehead atoms. The number of carboxylic acids is 1. The molecule has 0 atom stereocenters. The molecular weight excluding hydrogens is 338 g/mol. The molecule has 3 nitrogen and oxygen atoms in total. The van der Waals surface area contributed by atoms with E-state index in [0.717, 1.165) is 48.2 Å². The van der Waals surface area contributed by atoms with Crippen molar-refractivity contribution in [1.82, 2.24) is 4.72 Å². The van der Waals surface area contributed by atoms with Gasteiger partial charge in [0.15, 0.2) is 0 Å². The van der Waals surface area contributed by atoms with Gasteiger partial charge in [0.25, 0.3) is 0 Å². The Morgan fingerprint density at radius 2 is 2.12 bits per heavy atom. The molecule has 1 aromatic heterocycles. The minimum Gasteiger partial charge on any atom is -0.478 e. The topological polar surface area (TPSA) is 49.3 Å². The SMILES string of the molecule is CC1(C)CCc2sc(-c3ccccc3CCNS)c(C(=O)O)c2C1. The second-order valence-electron chi connectivity index (χ2n) is 7.17. The van der Waals surface area contributed by atoms with Crippen LogP contribution in [0.15, 0.2) is 24.3 Å². The zero-order valence-electron chi connectivity index (χ0n) is 14.1. The maximum absolute atomic E-state index is 12.0. The molecule has 0 aliphatic heterocycles. The number of aryl methyl sites for hydroxylation is 1. The maximum atomic E-state index is 12.0. The van der Waals surface area contributed by atoms with Gasteiger partial charge in [-0.3, -0.25) is 4.72 Å². The Labute approximate surface area is 152 Å². The van der Waals surface area contributed by atoms with Crippen molar-refractivity contribution in [2.45, 2.75) is 39.5 Å². The lowest BCUT2D eigenvalue weighted by Crippen LogP contribution is -2.22. The van der Waals surface area contributed by atoms with Gasteiger partial charge in [0.1, 0.15) is 0 Å². The lowest BCUT2D eigenvalue weighted by Gasteiger charge is -2.29. The first kappa shape index (κ1) is 17.5. The van der Waals surface area contributed by atoms with E-state index < -0.39 is 5.97 Å². The summed E-state index contributed by atoms with van der Waals surface area (Å²) in [7, 11) is 0. The number of thiol groups is 1. The van der Waals surface area contributed by atoms with E-state index in [0.29, 0.717) is 5.56 Å². The van der Waals surface area contributed by atoms with E-state index in [4.69, 9.17) is 0 Å². The van der Waals surface area contributed by atoms with E-state index in [1.165, 1.54) is 10.4 Å². The van der Waals surface area contributed by atoms with E-state index >= 15 is 0 Å². The van der Waals surface area contributed by atoms with Crippen molar-refractivity contribution in [2.24, 2.45) is 5.41 Å². The van der Waals surface area contributed by atoms with Gasteiger partial charge in [-0.15, -0.1) is 11.3 Å². The summed E-state index contributed by atoms with van der Waals surface area (Å²) in [6, 6.07) is 8.12. The third-order valence-corrected chi connectivity index (χ3v) is 6.31. The molecule has 128 valence electrons. The Kier molecular flexibility index (Phi) is 5.04. The summed E-state index contributed by atoms with van der Waals surface area (Å²) in [5.41, 5.74) is 3.97. The Morgan fingerprint density at radius 3 is 2.83 bits per heavy atom. The lowest BCUT2D eigenvalue weighted by atomic mass is 9.76. The minimum absolute atomic E-state index is 0.172. The van der Waals surface area contributed by atoms with Crippen LogP contribution in [0.3, 0.4) is 0 Å². The van der Waals surface area contributed by atoms with Crippen LogP contribution in [0.2, 0.25) is 0 Å². The van der Waals surface area contributed by atoms with E-state index in [-0.39, 0.29) is 5.41 Å². The van der Waals surface area contributed by atoms with Gasteiger partial charge in [-0.05, 0) is 47.8 Å². The molecule has 1 aromatic carbocycles. The smallest absolute Gasteiger partial charge is 0.337 e. The van der Waals surface area contributed by atoms with Gasteiger partial charge >= 0.3 is 5.97 Å². The molecule has 0 saturated carbocycles. The second-order valence-corrected chi connectivity index (χ2v) is 8.59. The Balaban J connectivity index is 2.13. The highest BCUT2D eigenvalue weighted by Crippen LogP contribution is 2.45. The molecule has 5 heteroatoms. The number of rotatable bonds is 5. The summed E-state index contributed by atoms with van der Waals surface area (Å²) in [5.74, 6) is -0.803. The first-order valence-electron chi connectivity index (χ1n) is 8.26. The van der Waals surface area contributed by atoms with Crippen LogP contribution in [-0.2, 0) is 19.3 Å². The van der Waals surface area contributed by atoms with Crippen LogP contribution in [0.4, 0.5) is 0 Å². The molecule has 3 rings (SSSR count). The molecule has 2 aromatic rings. The number of hydrogen-bond donors (Lipinski definition) is 3. The van der Waals surface area contributed by atoms with E-state index in [2.05, 4.69) is 37.5 Å². The number of benzene rings is 1. The minimum atomic E-state index is -0.803. The third-order valence-electron chi connectivity index (χ3n) is 4.76. The number of carboxylic acid groups (broad SMARTS) is 1. The van der Waals surface area contributed by atoms with Crippen molar-refractivity contribution >= 4 is 30.1 Å². The van der Waals surface area contributed by atoms with Crippen LogP contribution in [0, 0.1) is 5.41 Å². The maximum Gasteiger partial charge on any atom is 0.337 e. The predicted octanol–water partition coefficient (Wildman–Crippen LogP) is 4.61. The Bertz CT molecular complexity index is 765. The van der Waals surface area contributed by atoms with Gasteiger partial charge in [-0.1, -0.05) is 50.9 Å². The summed E-state index contributed by atoms with van der Waals surface area (Å²) < 4.78 is 2.87. The van der Waals surface area contributed by atoms with Crippen LogP contribution in [0.1, 0.15) is 46.6 Å². The van der Waals surface area contributed by atoms with Crippen LogP contribution in [0.5, 0.6) is 0 Å². The van der Waals surface area contributed by atoms with E-state index in [9.17, 15) is 9.90 Å². The average Bonchev–Trinajstić information content (AvgIpc) is 2.90. The molecule has 0 unspecified atom stereocenters. The number of carbonyl (C=O) groups is 1. The molecule has 0 saturated heterocycles. The highest BCUT2D eigenvalue weighted by Gasteiger charge is 2.33. The number of hydrogen-bond acceptors (Lipinski definition) is 4.